The van der Waals surface area contributed by atoms with Crippen LogP contribution < -0.4 is 11.1 Å². The Morgan fingerprint density at radius 2 is 2.46 bits per heavy atom. The number of amides is 1. The summed E-state index contributed by atoms with van der Waals surface area (Å²) < 4.78 is 0. The molecule has 0 spiro atoms. The van der Waals surface area contributed by atoms with Crippen LogP contribution >= 0.6 is 0 Å². The van der Waals surface area contributed by atoms with E-state index in [1.807, 2.05) is 0 Å². The molecule has 0 aromatic carbocycles. The lowest BCUT2D eigenvalue weighted by Crippen LogP contribution is -2.13. The van der Waals surface area contributed by atoms with Gasteiger partial charge in [0.15, 0.2) is 0 Å². The molecule has 0 unspecified atom stereocenters. The van der Waals surface area contributed by atoms with Crippen LogP contribution in [0.2, 0.25) is 0 Å². The first kappa shape index (κ1) is 9.07. The molecule has 1 aromatic rings. The van der Waals surface area contributed by atoms with Gasteiger partial charge in [0.2, 0.25) is 0 Å². The van der Waals surface area contributed by atoms with Crippen molar-refractivity contribution in [1.29, 1.82) is 0 Å². The van der Waals surface area contributed by atoms with Gasteiger partial charge in [-0.2, -0.15) is 0 Å². The Kier molecular flexibility index (Phi) is 2.50. The Bertz CT molecular complexity index is 379. The fourth-order valence-corrected chi connectivity index (χ4v) is 0.908. The van der Waals surface area contributed by atoms with Crippen LogP contribution in [0.15, 0.2) is 12.3 Å². The molecule has 0 saturated heterocycles. The summed E-state index contributed by atoms with van der Waals surface area (Å²) in [4.78, 5) is 14.8. The summed E-state index contributed by atoms with van der Waals surface area (Å²) in [6, 6.07) is 1.60. The number of nitrogens with one attached hydrogen (secondary N) is 1. The number of nitrogens with zero attached hydrogens (tertiary/aromatic N) is 1. The van der Waals surface area contributed by atoms with Crippen LogP contribution in [0.5, 0.6) is 0 Å². The van der Waals surface area contributed by atoms with Crippen LogP contribution in [0.25, 0.3) is 0 Å². The molecule has 1 heterocycles. The van der Waals surface area contributed by atoms with Gasteiger partial charge in [0.25, 0.3) is 5.91 Å². The number of primary amides is 1. The van der Waals surface area contributed by atoms with Gasteiger partial charge in [-0.05, 0) is 6.07 Å². The molecular weight excluding hydrogens is 166 g/mol. The molecule has 0 radical (unpaired) electrons. The van der Waals surface area contributed by atoms with E-state index in [9.17, 15) is 4.79 Å². The third-order valence-corrected chi connectivity index (χ3v) is 1.58. The molecule has 0 atom stereocenters. The highest BCUT2D eigenvalue weighted by Gasteiger charge is 2.07. The minimum absolute atomic E-state index is 0.265. The summed E-state index contributed by atoms with van der Waals surface area (Å²) in [6.07, 6.45) is 6.56. The first-order valence-electron chi connectivity index (χ1n) is 3.63. The molecule has 1 rings (SSSR count). The summed E-state index contributed by atoms with van der Waals surface area (Å²) in [5, 5.41) is 2.81. The van der Waals surface area contributed by atoms with E-state index < -0.39 is 5.91 Å². The monoisotopic (exact) mass is 175 g/mol. The van der Waals surface area contributed by atoms with Gasteiger partial charge in [-0.3, -0.25) is 4.79 Å². The summed E-state index contributed by atoms with van der Waals surface area (Å²) >= 11 is 0. The number of aromatic nitrogens is 1. The van der Waals surface area contributed by atoms with Crippen molar-refractivity contribution in [2.45, 2.75) is 0 Å². The number of hydrogen-bond acceptors (Lipinski definition) is 3. The zero-order valence-corrected chi connectivity index (χ0v) is 7.16. The fraction of sp³-hybridized carbons (Fsp3) is 0.111. The van der Waals surface area contributed by atoms with Crippen molar-refractivity contribution in [2.24, 2.45) is 5.73 Å². The van der Waals surface area contributed by atoms with E-state index in [1.54, 1.807) is 13.1 Å². The molecule has 0 saturated carbocycles. The highest BCUT2D eigenvalue weighted by molar-refractivity contribution is 5.95. The molecule has 66 valence electrons. The Hall–Kier alpha value is -2.02. The molecule has 3 N–H and O–H groups in total. The van der Waals surface area contributed by atoms with E-state index in [0.717, 1.165) is 0 Å². The molecule has 0 aliphatic heterocycles. The van der Waals surface area contributed by atoms with Crippen LogP contribution in [-0.4, -0.2) is 17.9 Å². The third-order valence-electron chi connectivity index (χ3n) is 1.58. The van der Waals surface area contributed by atoms with Gasteiger partial charge in [-0.15, -0.1) is 6.42 Å². The quantitative estimate of drug-likeness (QED) is 0.631. The van der Waals surface area contributed by atoms with Gasteiger partial charge in [0, 0.05) is 18.8 Å². The average molecular weight is 175 g/mol. The Morgan fingerprint density at radius 1 is 1.77 bits per heavy atom. The number of anilines is 1. The minimum Gasteiger partial charge on any atom is -0.373 e. The summed E-state index contributed by atoms with van der Waals surface area (Å²) in [5.74, 6) is 2.41. The van der Waals surface area contributed by atoms with Gasteiger partial charge >= 0.3 is 0 Å². The zero-order valence-electron chi connectivity index (χ0n) is 7.16. The SMILES string of the molecule is C#Cc1cc(NC)ncc1C(N)=O. The van der Waals surface area contributed by atoms with Crippen molar-refractivity contribution < 1.29 is 4.79 Å². The average Bonchev–Trinajstić information content (AvgIpc) is 2.16. The first-order valence-corrected chi connectivity index (χ1v) is 3.63. The van der Waals surface area contributed by atoms with Crippen LogP contribution in [-0.2, 0) is 0 Å². The van der Waals surface area contributed by atoms with Gasteiger partial charge < -0.3 is 11.1 Å². The number of terminal acetylenes is 1. The summed E-state index contributed by atoms with van der Waals surface area (Å²) in [7, 11) is 1.71. The van der Waals surface area contributed by atoms with Gasteiger partial charge in [0.05, 0.1) is 5.56 Å². The second-order valence-electron chi connectivity index (χ2n) is 2.37. The second-order valence-corrected chi connectivity index (χ2v) is 2.37. The van der Waals surface area contributed by atoms with E-state index in [0.29, 0.717) is 11.4 Å². The smallest absolute Gasteiger partial charge is 0.251 e. The number of rotatable bonds is 2. The van der Waals surface area contributed by atoms with E-state index in [1.165, 1.54) is 6.20 Å². The summed E-state index contributed by atoms with van der Waals surface area (Å²) in [5.41, 5.74) is 5.80. The van der Waals surface area contributed by atoms with Crippen molar-refractivity contribution in [3.8, 4) is 12.3 Å². The number of carbonyl (C=O) groups is 1. The number of hydrogen-bond donors (Lipinski definition) is 2. The topological polar surface area (TPSA) is 68.0 Å². The number of carbonyl (C=O) groups excluding carboxylic acids is 1. The Balaban J connectivity index is 3.26. The standard InChI is InChI=1S/C9H9N3O/c1-3-6-4-8(11-2)12-5-7(6)9(10)13/h1,4-5H,2H3,(H2,10,13)(H,11,12). The highest BCUT2D eigenvalue weighted by atomic mass is 16.1. The maximum Gasteiger partial charge on any atom is 0.251 e. The molecule has 1 aromatic heterocycles. The molecule has 0 bridgehead atoms. The van der Waals surface area contributed by atoms with Crippen molar-refractivity contribution in [1.82, 2.24) is 4.98 Å². The highest BCUT2D eigenvalue weighted by Crippen LogP contribution is 2.10. The maximum absolute atomic E-state index is 10.8. The lowest BCUT2D eigenvalue weighted by Gasteiger charge is -2.02. The van der Waals surface area contributed by atoms with Crippen molar-refractivity contribution >= 4 is 11.7 Å². The lowest BCUT2D eigenvalue weighted by atomic mass is 10.1. The Morgan fingerprint density at radius 3 is 2.92 bits per heavy atom. The molecule has 0 fully saturated rings. The van der Waals surface area contributed by atoms with Crippen molar-refractivity contribution in [3.05, 3.63) is 23.4 Å². The van der Waals surface area contributed by atoms with Crippen LogP contribution in [0.4, 0.5) is 5.82 Å². The van der Waals surface area contributed by atoms with Crippen LogP contribution in [0, 0.1) is 12.3 Å². The van der Waals surface area contributed by atoms with Crippen LogP contribution in [0.3, 0.4) is 0 Å². The van der Waals surface area contributed by atoms with Gasteiger partial charge in [-0.25, -0.2) is 4.98 Å². The van der Waals surface area contributed by atoms with Crippen molar-refractivity contribution in [2.75, 3.05) is 12.4 Å². The fourth-order valence-electron chi connectivity index (χ4n) is 0.908. The Labute approximate surface area is 76.2 Å². The van der Waals surface area contributed by atoms with E-state index in [4.69, 9.17) is 12.2 Å². The van der Waals surface area contributed by atoms with E-state index in [2.05, 4.69) is 16.2 Å². The normalized spacial score (nSPS) is 8.92. The van der Waals surface area contributed by atoms with Crippen molar-refractivity contribution in [3.63, 3.8) is 0 Å². The molecule has 0 aliphatic carbocycles. The molecule has 0 aliphatic rings. The van der Waals surface area contributed by atoms with E-state index >= 15 is 0 Å². The maximum atomic E-state index is 10.8. The van der Waals surface area contributed by atoms with Gasteiger partial charge in [0.1, 0.15) is 5.82 Å². The molecule has 4 heteroatoms. The summed E-state index contributed by atoms with van der Waals surface area (Å²) in [6.45, 7) is 0. The molecular formula is C9H9N3O. The first-order chi connectivity index (χ1) is 6.19. The largest absolute Gasteiger partial charge is 0.373 e. The molecule has 4 nitrogen and oxygen atoms in total. The molecule has 1 amide bonds. The number of pyridine rings is 1. The predicted octanol–water partition coefficient (Wildman–Crippen LogP) is 0.203. The zero-order chi connectivity index (χ0) is 9.84. The third kappa shape index (κ3) is 1.76. The van der Waals surface area contributed by atoms with Crippen LogP contribution in [0.1, 0.15) is 15.9 Å². The second kappa shape index (κ2) is 3.59. The lowest BCUT2D eigenvalue weighted by molar-refractivity contribution is 0.1000. The molecule has 13 heavy (non-hydrogen) atoms. The number of nitrogens with two attached hydrogens (primary N) is 1. The minimum atomic E-state index is -0.567. The van der Waals surface area contributed by atoms with E-state index in [-0.39, 0.29) is 5.56 Å². The predicted molar refractivity (Wildman–Crippen MR) is 50.2 cm³/mol. The van der Waals surface area contributed by atoms with Gasteiger partial charge in [-0.1, -0.05) is 5.92 Å².